The lowest BCUT2D eigenvalue weighted by atomic mass is 10.1. The number of aromatic nitrogens is 5. The fourth-order valence-electron chi connectivity index (χ4n) is 2.33. The van der Waals surface area contributed by atoms with Gasteiger partial charge in [0.2, 0.25) is 0 Å². The highest BCUT2D eigenvalue weighted by molar-refractivity contribution is 5.63. The van der Waals surface area contributed by atoms with E-state index in [1.54, 1.807) is 18.6 Å². The van der Waals surface area contributed by atoms with Crippen LogP contribution >= 0.6 is 0 Å². The minimum Gasteiger partial charge on any atom is -0.262 e. The first-order valence-electron chi connectivity index (χ1n) is 6.96. The molecule has 0 unspecified atom stereocenters. The van der Waals surface area contributed by atoms with Crippen LogP contribution in [0.3, 0.4) is 0 Å². The molecule has 3 aromatic heterocycles. The van der Waals surface area contributed by atoms with Crippen LogP contribution in [0, 0.1) is 0 Å². The molecule has 0 saturated carbocycles. The van der Waals surface area contributed by atoms with Crippen molar-refractivity contribution < 1.29 is 0 Å². The minimum atomic E-state index is 0.946. The predicted octanol–water partition coefficient (Wildman–Crippen LogP) is 3.12. The van der Waals surface area contributed by atoms with Crippen molar-refractivity contribution in [2.24, 2.45) is 0 Å². The first-order valence-corrected chi connectivity index (χ1v) is 6.96. The largest absolute Gasteiger partial charge is 0.262 e. The average Bonchev–Trinajstić information content (AvgIpc) is 3.28. The SMILES string of the molecule is c1cncc(-n2cc(-c3ccc(-n4cccn4)cc3)cn2)c1. The fourth-order valence-corrected chi connectivity index (χ4v) is 2.33. The topological polar surface area (TPSA) is 48.5 Å². The summed E-state index contributed by atoms with van der Waals surface area (Å²) in [5, 5.41) is 8.62. The van der Waals surface area contributed by atoms with Crippen LogP contribution in [0.25, 0.3) is 22.5 Å². The summed E-state index contributed by atoms with van der Waals surface area (Å²) < 4.78 is 3.66. The van der Waals surface area contributed by atoms with Crippen molar-refractivity contribution in [3.63, 3.8) is 0 Å². The first-order chi connectivity index (χ1) is 10.9. The molecule has 5 heteroatoms. The van der Waals surface area contributed by atoms with Gasteiger partial charge in [-0.3, -0.25) is 4.98 Å². The molecule has 0 aliphatic carbocycles. The monoisotopic (exact) mass is 287 g/mol. The smallest absolute Gasteiger partial charge is 0.0828 e. The summed E-state index contributed by atoms with van der Waals surface area (Å²) in [6, 6.07) is 14.0. The van der Waals surface area contributed by atoms with E-state index in [2.05, 4.69) is 27.3 Å². The number of hydrogen-bond acceptors (Lipinski definition) is 3. The summed E-state index contributed by atoms with van der Waals surface area (Å²) in [5.41, 5.74) is 4.16. The first kappa shape index (κ1) is 12.5. The highest BCUT2D eigenvalue weighted by Gasteiger charge is 2.04. The molecule has 4 rings (SSSR count). The molecule has 1 aromatic carbocycles. The van der Waals surface area contributed by atoms with Crippen molar-refractivity contribution in [3.05, 3.63) is 79.6 Å². The summed E-state index contributed by atoms with van der Waals surface area (Å²) in [4.78, 5) is 4.11. The van der Waals surface area contributed by atoms with Crippen molar-refractivity contribution in [2.45, 2.75) is 0 Å². The molecule has 0 aliphatic heterocycles. The fraction of sp³-hybridized carbons (Fsp3) is 0. The lowest BCUT2D eigenvalue weighted by Gasteiger charge is -2.03. The molecule has 22 heavy (non-hydrogen) atoms. The Bertz CT molecular complexity index is 861. The van der Waals surface area contributed by atoms with Gasteiger partial charge in [0.25, 0.3) is 0 Å². The van der Waals surface area contributed by atoms with Gasteiger partial charge in [-0.1, -0.05) is 12.1 Å². The lowest BCUT2D eigenvalue weighted by molar-refractivity contribution is 0.874. The van der Waals surface area contributed by atoms with Gasteiger partial charge in [0.15, 0.2) is 0 Å². The van der Waals surface area contributed by atoms with Gasteiger partial charge in [0.1, 0.15) is 0 Å². The highest BCUT2D eigenvalue weighted by Crippen LogP contribution is 2.21. The molecule has 5 nitrogen and oxygen atoms in total. The van der Waals surface area contributed by atoms with Crippen LogP contribution in [-0.4, -0.2) is 24.5 Å². The Kier molecular flexibility index (Phi) is 3.01. The van der Waals surface area contributed by atoms with E-state index in [4.69, 9.17) is 0 Å². The van der Waals surface area contributed by atoms with Gasteiger partial charge in [-0.2, -0.15) is 10.2 Å². The van der Waals surface area contributed by atoms with Crippen molar-refractivity contribution >= 4 is 0 Å². The maximum Gasteiger partial charge on any atom is 0.0828 e. The van der Waals surface area contributed by atoms with E-state index >= 15 is 0 Å². The van der Waals surface area contributed by atoms with E-state index in [0.717, 1.165) is 22.5 Å². The molecule has 0 fully saturated rings. The Balaban J connectivity index is 1.64. The third kappa shape index (κ3) is 2.29. The summed E-state index contributed by atoms with van der Waals surface area (Å²) in [6.45, 7) is 0. The van der Waals surface area contributed by atoms with Crippen molar-refractivity contribution in [3.8, 4) is 22.5 Å². The van der Waals surface area contributed by atoms with Crippen LogP contribution in [0.2, 0.25) is 0 Å². The zero-order chi connectivity index (χ0) is 14.8. The Morgan fingerprint density at radius 3 is 2.32 bits per heavy atom. The van der Waals surface area contributed by atoms with Crippen LogP contribution in [0.1, 0.15) is 0 Å². The Morgan fingerprint density at radius 1 is 0.682 bits per heavy atom. The molecule has 0 aliphatic rings. The van der Waals surface area contributed by atoms with Gasteiger partial charge in [-0.05, 0) is 35.9 Å². The van der Waals surface area contributed by atoms with Crippen LogP contribution < -0.4 is 0 Å². The van der Waals surface area contributed by atoms with E-state index in [-0.39, 0.29) is 0 Å². The van der Waals surface area contributed by atoms with Gasteiger partial charge in [-0.25, -0.2) is 9.36 Å². The van der Waals surface area contributed by atoms with Crippen molar-refractivity contribution in [1.29, 1.82) is 0 Å². The molecular formula is C17H13N5. The lowest BCUT2D eigenvalue weighted by Crippen LogP contribution is -1.94. The number of hydrogen-bond donors (Lipinski definition) is 0. The van der Waals surface area contributed by atoms with E-state index in [1.807, 2.05) is 58.3 Å². The molecule has 0 atom stereocenters. The molecule has 4 aromatic rings. The Hall–Kier alpha value is -3.21. The summed E-state index contributed by atoms with van der Waals surface area (Å²) >= 11 is 0. The zero-order valence-electron chi connectivity index (χ0n) is 11.7. The minimum absolute atomic E-state index is 0.946. The van der Waals surface area contributed by atoms with Crippen LogP contribution in [-0.2, 0) is 0 Å². The number of benzene rings is 1. The van der Waals surface area contributed by atoms with Crippen LogP contribution in [0.5, 0.6) is 0 Å². The molecule has 106 valence electrons. The molecule has 3 heterocycles. The second-order valence-electron chi connectivity index (χ2n) is 4.88. The molecule has 0 bridgehead atoms. The quantitative estimate of drug-likeness (QED) is 0.581. The molecule has 0 spiro atoms. The molecule has 0 amide bonds. The van der Waals surface area contributed by atoms with Crippen molar-refractivity contribution in [1.82, 2.24) is 24.5 Å². The summed E-state index contributed by atoms with van der Waals surface area (Å²) in [6.07, 6.45) is 11.1. The van der Waals surface area contributed by atoms with Crippen LogP contribution in [0.4, 0.5) is 0 Å². The normalized spacial score (nSPS) is 10.7. The molecule has 0 radical (unpaired) electrons. The zero-order valence-corrected chi connectivity index (χ0v) is 11.7. The molecular weight excluding hydrogens is 274 g/mol. The van der Waals surface area contributed by atoms with Crippen LogP contribution in [0.15, 0.2) is 79.6 Å². The number of rotatable bonds is 3. The van der Waals surface area contributed by atoms with Gasteiger partial charge < -0.3 is 0 Å². The van der Waals surface area contributed by atoms with Gasteiger partial charge in [0.05, 0.1) is 23.8 Å². The summed E-state index contributed by atoms with van der Waals surface area (Å²) in [5.74, 6) is 0. The number of pyridine rings is 1. The highest BCUT2D eigenvalue weighted by atomic mass is 15.3. The Morgan fingerprint density at radius 2 is 1.59 bits per heavy atom. The van der Waals surface area contributed by atoms with E-state index < -0.39 is 0 Å². The maximum absolute atomic E-state index is 4.39. The van der Waals surface area contributed by atoms with Gasteiger partial charge >= 0.3 is 0 Å². The van der Waals surface area contributed by atoms with E-state index in [1.165, 1.54) is 0 Å². The second kappa shape index (κ2) is 5.29. The van der Waals surface area contributed by atoms with E-state index in [9.17, 15) is 0 Å². The molecule has 0 N–H and O–H groups in total. The standard InChI is InChI=1S/C17H13N5/c1-3-17(12-18-8-1)22-13-15(11-20-22)14-4-6-16(7-5-14)21-10-2-9-19-21/h1-13H. The average molecular weight is 287 g/mol. The van der Waals surface area contributed by atoms with E-state index in [0.29, 0.717) is 0 Å². The molecule has 0 saturated heterocycles. The third-order valence-corrected chi connectivity index (χ3v) is 3.46. The Labute approximate surface area is 127 Å². The van der Waals surface area contributed by atoms with Gasteiger partial charge in [-0.15, -0.1) is 0 Å². The third-order valence-electron chi connectivity index (χ3n) is 3.46. The second-order valence-corrected chi connectivity index (χ2v) is 4.88. The predicted molar refractivity (Wildman–Crippen MR) is 83.9 cm³/mol. The maximum atomic E-state index is 4.39. The van der Waals surface area contributed by atoms with Crippen molar-refractivity contribution in [2.75, 3.05) is 0 Å². The number of nitrogens with zero attached hydrogens (tertiary/aromatic N) is 5. The summed E-state index contributed by atoms with van der Waals surface area (Å²) in [7, 11) is 0. The van der Waals surface area contributed by atoms with Gasteiger partial charge in [0, 0.05) is 30.4 Å².